The van der Waals surface area contributed by atoms with Crippen molar-refractivity contribution in [2.24, 2.45) is 0 Å². The van der Waals surface area contributed by atoms with Gasteiger partial charge in [0.25, 0.3) is 0 Å². The molecule has 0 aromatic carbocycles. The largest absolute Gasteiger partial charge is 0.175 e. The lowest BCUT2D eigenvalue weighted by Gasteiger charge is -1.76. The maximum Gasteiger partial charge on any atom is 0.175 e. The van der Waals surface area contributed by atoms with E-state index in [2.05, 4.69) is 0 Å². The van der Waals surface area contributed by atoms with Gasteiger partial charge in [-0.3, -0.25) is 0 Å². The molecule has 1 rings (SSSR count). The van der Waals surface area contributed by atoms with Crippen LogP contribution in [0.3, 0.4) is 0 Å². The van der Waals surface area contributed by atoms with E-state index in [0.717, 1.165) is 0 Å². The molecule has 1 aliphatic heterocycles. The summed E-state index contributed by atoms with van der Waals surface area (Å²) in [6.45, 7) is 1.98. The van der Waals surface area contributed by atoms with Crippen molar-refractivity contribution >= 4 is 7.28 Å². The summed E-state index contributed by atoms with van der Waals surface area (Å²) in [6, 6.07) is 0. The van der Waals surface area contributed by atoms with Gasteiger partial charge in [-0.2, -0.15) is 0 Å². The molecule has 0 aromatic heterocycles. The third-order valence-corrected chi connectivity index (χ3v) is 0.753. The maximum absolute atomic E-state index is 7.02. The van der Waals surface area contributed by atoms with Crippen LogP contribution in [0.25, 0.3) is 0 Å². The van der Waals surface area contributed by atoms with Crippen LogP contribution in [0.15, 0.2) is 23.6 Å². The zero-order valence-electron chi connectivity index (χ0n) is 4.73. The third kappa shape index (κ3) is 0.536. The summed E-state index contributed by atoms with van der Waals surface area (Å²) in [5, 5.41) is 0. The molecule has 0 spiro atoms. The van der Waals surface area contributed by atoms with Gasteiger partial charge in [0.15, 0.2) is 7.28 Å². The molecule has 0 nitrogen and oxygen atoms in total. The lowest BCUT2D eigenvalue weighted by Crippen LogP contribution is -1.77. The van der Waals surface area contributed by atoms with Crippen molar-refractivity contribution in [2.75, 3.05) is 0 Å². The summed E-state index contributed by atoms with van der Waals surface area (Å²) >= 11 is 0. The van der Waals surface area contributed by atoms with Crippen molar-refractivity contribution < 1.29 is 1.37 Å². The Labute approximate surface area is 40.2 Å². The maximum atomic E-state index is 7.02. The van der Waals surface area contributed by atoms with Crippen LogP contribution in [-0.4, -0.2) is 7.28 Å². The molecule has 1 heterocycles. The van der Waals surface area contributed by atoms with Crippen LogP contribution in [0.4, 0.5) is 0 Å². The Morgan fingerprint density at radius 3 is 3.00 bits per heavy atom. The van der Waals surface area contributed by atoms with Crippen LogP contribution < -0.4 is 0 Å². The van der Waals surface area contributed by atoms with Crippen molar-refractivity contribution in [2.45, 2.75) is 6.92 Å². The Morgan fingerprint density at radius 2 is 2.83 bits per heavy atom. The fraction of sp³-hybridized carbons (Fsp3) is 0.200. The third-order valence-electron chi connectivity index (χ3n) is 0.753. The van der Waals surface area contributed by atoms with E-state index in [-0.39, 0.29) is 0 Å². The Bertz CT molecular complexity index is 119. The van der Waals surface area contributed by atoms with Gasteiger partial charge in [0.05, 0.1) is 0 Å². The molecule has 1 aliphatic rings. The SMILES string of the molecule is [3H]C1=CC=C(C)[B]1. The molecule has 0 saturated carbocycles. The highest BCUT2D eigenvalue weighted by Gasteiger charge is 1.89. The molecule has 0 saturated heterocycles. The second-order valence-corrected chi connectivity index (χ2v) is 1.39. The second kappa shape index (κ2) is 1.33. The van der Waals surface area contributed by atoms with Gasteiger partial charge < -0.3 is 0 Å². The molecule has 0 aromatic rings. The Balaban J connectivity index is 2.61. The van der Waals surface area contributed by atoms with Crippen molar-refractivity contribution in [1.82, 2.24) is 0 Å². The van der Waals surface area contributed by atoms with E-state index in [9.17, 15) is 0 Å². The minimum absolute atomic E-state index is 0.609. The normalized spacial score (nSPS) is 21.2. The van der Waals surface area contributed by atoms with Gasteiger partial charge in [-0.05, 0) is 0 Å². The summed E-state index contributed by atoms with van der Waals surface area (Å²) in [7, 11) is 1.83. The minimum Gasteiger partial charge on any atom is -0.117 e. The van der Waals surface area contributed by atoms with Gasteiger partial charge in [-0.15, -0.1) is 11.4 Å². The quantitative estimate of drug-likeness (QED) is 0.381. The van der Waals surface area contributed by atoms with Crippen molar-refractivity contribution in [3.63, 3.8) is 0 Å². The van der Waals surface area contributed by atoms with Crippen molar-refractivity contribution in [3.05, 3.63) is 23.6 Å². The number of hydrogen-bond donors (Lipinski definition) is 0. The highest BCUT2D eigenvalue weighted by atomic mass is 13.7. The zero-order valence-corrected chi connectivity index (χ0v) is 3.73. The first kappa shape index (κ1) is 2.67. The fourth-order valence-electron chi connectivity index (χ4n) is 0.407. The summed E-state index contributed by atoms with van der Waals surface area (Å²) < 4.78 is 7.02. The Kier molecular flexibility index (Phi) is 0.594. The van der Waals surface area contributed by atoms with Crippen molar-refractivity contribution in [3.8, 4) is 0 Å². The summed E-state index contributed by atoms with van der Waals surface area (Å²) in [4.78, 5) is 0. The van der Waals surface area contributed by atoms with Gasteiger partial charge >= 0.3 is 0 Å². The second-order valence-electron chi connectivity index (χ2n) is 1.39. The first-order chi connectivity index (χ1) is 3.29. The van der Waals surface area contributed by atoms with E-state index >= 15 is 0 Å². The summed E-state index contributed by atoms with van der Waals surface area (Å²) in [5.74, 6) is 0.609. The first-order valence-electron chi connectivity index (χ1n) is 2.49. The smallest absolute Gasteiger partial charge is 0.117 e. The van der Waals surface area contributed by atoms with Gasteiger partial charge in [0, 0.05) is 1.37 Å². The fourth-order valence-corrected chi connectivity index (χ4v) is 0.407. The highest BCUT2D eigenvalue weighted by Crippen LogP contribution is 1.96. The highest BCUT2D eigenvalue weighted by molar-refractivity contribution is 6.52. The minimum atomic E-state index is 0.609. The molecule has 0 bridgehead atoms. The van der Waals surface area contributed by atoms with Gasteiger partial charge in [0.2, 0.25) is 0 Å². The number of rotatable bonds is 0. The average molecular weight is 78.9 g/mol. The van der Waals surface area contributed by atoms with Crippen molar-refractivity contribution in [1.29, 1.82) is 0 Å². The average Bonchev–Trinajstić information content (AvgIpc) is 1.87. The summed E-state index contributed by atoms with van der Waals surface area (Å²) in [5.41, 5.74) is 1.17. The van der Waals surface area contributed by atoms with Crippen LogP contribution >= 0.6 is 0 Å². The van der Waals surface area contributed by atoms with E-state index in [0.29, 0.717) is 5.95 Å². The van der Waals surface area contributed by atoms with Gasteiger partial charge in [0.1, 0.15) is 0 Å². The molecule has 6 heavy (non-hydrogen) atoms. The van der Waals surface area contributed by atoms with Crippen LogP contribution in [0, 0.1) is 0 Å². The molecular weight excluding hydrogens is 70.9 g/mol. The number of hydrogen-bond acceptors (Lipinski definition) is 0. The predicted molar refractivity (Wildman–Crippen MR) is 28.7 cm³/mol. The predicted octanol–water partition coefficient (Wildman–Crippen LogP) is 1.12. The molecule has 0 fully saturated rings. The van der Waals surface area contributed by atoms with Crippen LogP contribution in [0.1, 0.15) is 8.29 Å². The van der Waals surface area contributed by atoms with Gasteiger partial charge in [-0.1, -0.05) is 19.1 Å². The lowest BCUT2D eigenvalue weighted by molar-refractivity contribution is 1.67. The van der Waals surface area contributed by atoms with E-state index in [4.69, 9.17) is 1.37 Å². The van der Waals surface area contributed by atoms with E-state index in [1.807, 2.05) is 20.3 Å². The zero-order chi connectivity index (χ0) is 5.28. The molecule has 1 heteroatoms. The monoisotopic (exact) mass is 79.1 g/mol. The van der Waals surface area contributed by atoms with E-state index in [1.54, 1.807) is 6.08 Å². The molecule has 0 atom stereocenters. The topological polar surface area (TPSA) is 0 Å². The standard InChI is InChI=1S/C5H6B/c1-5-3-2-4-6-5/h2-4H,1H3/i4T. The van der Waals surface area contributed by atoms with Gasteiger partial charge in [-0.25, -0.2) is 0 Å². The van der Waals surface area contributed by atoms with Crippen LogP contribution in [-0.2, 0) is 0 Å². The van der Waals surface area contributed by atoms with Crippen LogP contribution in [0.5, 0.6) is 0 Å². The first-order valence-corrected chi connectivity index (χ1v) is 1.99. The van der Waals surface area contributed by atoms with E-state index < -0.39 is 0 Å². The Morgan fingerprint density at radius 1 is 2.00 bits per heavy atom. The van der Waals surface area contributed by atoms with E-state index in [1.165, 1.54) is 5.47 Å². The molecule has 0 aliphatic carbocycles. The van der Waals surface area contributed by atoms with Crippen LogP contribution in [0.2, 0.25) is 0 Å². The summed E-state index contributed by atoms with van der Waals surface area (Å²) in [6.07, 6.45) is 3.72. The lowest BCUT2D eigenvalue weighted by atomic mass is 9.74. The molecule has 0 unspecified atom stereocenters. The molecule has 0 N–H and O–H groups in total. The molecule has 1 radical (unpaired) electrons. The Hall–Kier alpha value is -0.455. The molecule has 29 valence electrons. The molecule has 0 amide bonds. The molecular formula is C5H6B. The number of allylic oxidation sites excluding steroid dienone is 3.